The fourth-order valence-corrected chi connectivity index (χ4v) is 3.07. The van der Waals surface area contributed by atoms with Crippen LogP contribution in [0, 0.1) is 0 Å². The Morgan fingerprint density at radius 3 is 2.55 bits per heavy atom. The highest BCUT2D eigenvalue weighted by molar-refractivity contribution is 8.00. The van der Waals surface area contributed by atoms with Gasteiger partial charge in [-0.25, -0.2) is 0 Å². The Morgan fingerprint density at radius 1 is 1.27 bits per heavy atom. The van der Waals surface area contributed by atoms with Gasteiger partial charge in [0, 0.05) is 5.25 Å². The van der Waals surface area contributed by atoms with Crippen LogP contribution >= 0.6 is 11.8 Å². The standard InChI is InChI=1S/C8H14O2S/c9-7-2-1-3-8(7)11-6-4-10-5-6/h6-9H,1-5H2. The Hall–Kier alpha value is 0.270. The van der Waals surface area contributed by atoms with Crippen LogP contribution in [0.3, 0.4) is 0 Å². The minimum absolute atomic E-state index is 0.0411. The Morgan fingerprint density at radius 2 is 2.09 bits per heavy atom. The zero-order chi connectivity index (χ0) is 7.68. The van der Waals surface area contributed by atoms with Crippen LogP contribution in [0.4, 0.5) is 0 Å². The molecule has 0 aromatic heterocycles. The van der Waals surface area contributed by atoms with Crippen LogP contribution in [0.15, 0.2) is 0 Å². The molecule has 2 unspecified atom stereocenters. The van der Waals surface area contributed by atoms with Crippen molar-refractivity contribution in [1.82, 2.24) is 0 Å². The van der Waals surface area contributed by atoms with Crippen molar-refractivity contribution in [3.8, 4) is 0 Å². The average molecular weight is 174 g/mol. The molecule has 1 aliphatic heterocycles. The maximum absolute atomic E-state index is 9.50. The van der Waals surface area contributed by atoms with Gasteiger partial charge in [0.05, 0.1) is 24.6 Å². The first-order valence-electron chi connectivity index (χ1n) is 4.27. The summed E-state index contributed by atoms with van der Waals surface area (Å²) in [5.74, 6) is 0. The highest BCUT2D eigenvalue weighted by Crippen LogP contribution is 2.34. The van der Waals surface area contributed by atoms with Crippen LogP contribution in [0.1, 0.15) is 19.3 Å². The molecule has 3 heteroatoms. The van der Waals surface area contributed by atoms with Crippen molar-refractivity contribution < 1.29 is 9.84 Å². The highest BCUT2D eigenvalue weighted by atomic mass is 32.2. The van der Waals surface area contributed by atoms with E-state index in [0.717, 1.165) is 19.6 Å². The summed E-state index contributed by atoms with van der Waals surface area (Å²) in [5, 5.41) is 10.7. The molecule has 0 radical (unpaired) electrons. The molecule has 1 heterocycles. The Labute approximate surface area is 71.3 Å². The molecule has 1 saturated heterocycles. The first-order valence-corrected chi connectivity index (χ1v) is 5.22. The van der Waals surface area contributed by atoms with Gasteiger partial charge in [0.15, 0.2) is 0 Å². The number of aliphatic hydroxyl groups excluding tert-OH is 1. The summed E-state index contributed by atoms with van der Waals surface area (Å²) in [6.45, 7) is 1.79. The van der Waals surface area contributed by atoms with Crippen molar-refractivity contribution in [1.29, 1.82) is 0 Å². The molecule has 2 aliphatic rings. The van der Waals surface area contributed by atoms with E-state index in [1.165, 1.54) is 12.8 Å². The smallest absolute Gasteiger partial charge is 0.0658 e. The normalized spacial score (nSPS) is 39.0. The van der Waals surface area contributed by atoms with Crippen molar-refractivity contribution in [2.24, 2.45) is 0 Å². The quantitative estimate of drug-likeness (QED) is 0.678. The predicted octanol–water partition coefficient (Wildman–Crippen LogP) is 1.03. The van der Waals surface area contributed by atoms with Crippen molar-refractivity contribution >= 4 is 11.8 Å². The third-order valence-electron chi connectivity index (χ3n) is 2.39. The van der Waals surface area contributed by atoms with E-state index >= 15 is 0 Å². The van der Waals surface area contributed by atoms with Crippen molar-refractivity contribution in [3.63, 3.8) is 0 Å². The molecule has 11 heavy (non-hydrogen) atoms. The van der Waals surface area contributed by atoms with Crippen molar-refractivity contribution in [2.45, 2.75) is 35.9 Å². The van der Waals surface area contributed by atoms with E-state index < -0.39 is 0 Å². The van der Waals surface area contributed by atoms with Gasteiger partial charge in [0.1, 0.15) is 0 Å². The average Bonchev–Trinajstić information content (AvgIpc) is 2.27. The third kappa shape index (κ3) is 1.71. The summed E-state index contributed by atoms with van der Waals surface area (Å²) in [7, 11) is 0. The van der Waals surface area contributed by atoms with E-state index in [0.29, 0.717) is 10.5 Å². The van der Waals surface area contributed by atoms with E-state index in [9.17, 15) is 5.11 Å². The molecule has 0 spiro atoms. The van der Waals surface area contributed by atoms with Crippen LogP contribution in [-0.4, -0.2) is 34.9 Å². The number of thioether (sulfide) groups is 1. The molecule has 2 fully saturated rings. The highest BCUT2D eigenvalue weighted by Gasteiger charge is 2.30. The Balaban J connectivity index is 1.75. The number of hydrogen-bond acceptors (Lipinski definition) is 3. The lowest BCUT2D eigenvalue weighted by Crippen LogP contribution is -2.33. The maximum atomic E-state index is 9.50. The molecule has 1 N–H and O–H groups in total. The van der Waals surface area contributed by atoms with Gasteiger partial charge in [-0.15, -0.1) is 11.8 Å². The largest absolute Gasteiger partial charge is 0.392 e. The van der Waals surface area contributed by atoms with Gasteiger partial charge in [-0.05, 0) is 19.3 Å². The fourth-order valence-electron chi connectivity index (χ4n) is 1.61. The number of hydrogen-bond donors (Lipinski definition) is 1. The maximum Gasteiger partial charge on any atom is 0.0658 e. The van der Waals surface area contributed by atoms with Crippen LogP contribution in [0.2, 0.25) is 0 Å². The zero-order valence-electron chi connectivity index (χ0n) is 6.53. The van der Waals surface area contributed by atoms with E-state index in [4.69, 9.17) is 4.74 Å². The van der Waals surface area contributed by atoms with Crippen molar-refractivity contribution in [3.05, 3.63) is 0 Å². The molecule has 2 nitrogen and oxygen atoms in total. The monoisotopic (exact) mass is 174 g/mol. The second-order valence-electron chi connectivity index (χ2n) is 3.33. The predicted molar refractivity (Wildman–Crippen MR) is 45.8 cm³/mol. The molecule has 0 bridgehead atoms. The van der Waals surface area contributed by atoms with E-state index in [-0.39, 0.29) is 6.10 Å². The molecule has 1 saturated carbocycles. The lowest BCUT2D eigenvalue weighted by molar-refractivity contribution is 0.0449. The number of aliphatic hydroxyl groups is 1. The SMILES string of the molecule is OC1CCCC1SC1COC1. The molecule has 1 aliphatic carbocycles. The Bertz CT molecular complexity index is 136. The summed E-state index contributed by atoms with van der Waals surface area (Å²) < 4.78 is 5.08. The van der Waals surface area contributed by atoms with Gasteiger partial charge in [-0.1, -0.05) is 0 Å². The lowest BCUT2D eigenvalue weighted by Gasteiger charge is -2.28. The van der Waals surface area contributed by atoms with Gasteiger partial charge >= 0.3 is 0 Å². The first-order chi connectivity index (χ1) is 5.36. The van der Waals surface area contributed by atoms with Crippen molar-refractivity contribution in [2.75, 3.05) is 13.2 Å². The number of ether oxygens (including phenoxy) is 1. The second kappa shape index (κ2) is 3.33. The van der Waals surface area contributed by atoms with Crippen LogP contribution in [0.5, 0.6) is 0 Å². The summed E-state index contributed by atoms with van der Waals surface area (Å²) in [4.78, 5) is 0. The zero-order valence-corrected chi connectivity index (χ0v) is 7.35. The molecular formula is C8H14O2S. The summed E-state index contributed by atoms with van der Waals surface area (Å²) in [6.07, 6.45) is 3.36. The molecule has 0 amide bonds. The van der Waals surface area contributed by atoms with E-state index in [1.807, 2.05) is 11.8 Å². The molecule has 0 aromatic rings. The van der Waals surface area contributed by atoms with Gasteiger partial charge in [-0.3, -0.25) is 0 Å². The van der Waals surface area contributed by atoms with E-state index in [2.05, 4.69) is 0 Å². The second-order valence-corrected chi connectivity index (χ2v) is 4.88. The third-order valence-corrected chi connectivity index (χ3v) is 3.95. The summed E-state index contributed by atoms with van der Waals surface area (Å²) in [6, 6.07) is 0. The fraction of sp³-hybridized carbons (Fsp3) is 1.00. The minimum atomic E-state index is -0.0411. The molecule has 64 valence electrons. The summed E-state index contributed by atoms with van der Waals surface area (Å²) >= 11 is 1.93. The van der Waals surface area contributed by atoms with Gasteiger partial charge in [0.25, 0.3) is 0 Å². The number of rotatable bonds is 2. The topological polar surface area (TPSA) is 29.5 Å². The lowest BCUT2D eigenvalue weighted by atomic mass is 10.3. The van der Waals surface area contributed by atoms with Gasteiger partial charge in [-0.2, -0.15) is 0 Å². The molecule has 0 aromatic carbocycles. The molecular weight excluding hydrogens is 160 g/mol. The summed E-state index contributed by atoms with van der Waals surface area (Å²) in [5.41, 5.74) is 0. The minimum Gasteiger partial charge on any atom is -0.392 e. The van der Waals surface area contributed by atoms with Crippen LogP contribution < -0.4 is 0 Å². The van der Waals surface area contributed by atoms with Gasteiger partial charge < -0.3 is 9.84 Å². The van der Waals surface area contributed by atoms with E-state index in [1.54, 1.807) is 0 Å². The van der Waals surface area contributed by atoms with Gasteiger partial charge in [0.2, 0.25) is 0 Å². The molecule has 2 rings (SSSR count). The first kappa shape index (κ1) is 7.90. The van der Waals surface area contributed by atoms with Crippen LogP contribution in [0.25, 0.3) is 0 Å². The Kier molecular flexibility index (Phi) is 2.39. The molecule has 2 atom stereocenters. The van der Waals surface area contributed by atoms with Crippen LogP contribution in [-0.2, 0) is 4.74 Å².